The molecule has 17 heavy (non-hydrogen) atoms. The SMILES string of the molecule is CCc1ccc2c(c1)C(C)(C)C1C=CC=CC21. The van der Waals surface area contributed by atoms with Crippen molar-refractivity contribution in [3.63, 3.8) is 0 Å². The van der Waals surface area contributed by atoms with E-state index >= 15 is 0 Å². The Morgan fingerprint density at radius 3 is 2.65 bits per heavy atom. The molecule has 0 saturated heterocycles. The lowest BCUT2D eigenvalue weighted by Gasteiger charge is -2.29. The average molecular weight is 224 g/mol. The maximum absolute atomic E-state index is 2.43. The number of rotatable bonds is 1. The highest BCUT2D eigenvalue weighted by Crippen LogP contribution is 2.52. The normalized spacial score (nSPS) is 27.9. The van der Waals surface area contributed by atoms with Crippen LogP contribution >= 0.6 is 0 Å². The molecule has 1 aromatic rings. The molecule has 0 N–H and O–H groups in total. The summed E-state index contributed by atoms with van der Waals surface area (Å²) in [5, 5.41) is 0. The van der Waals surface area contributed by atoms with Gasteiger partial charge in [-0.2, -0.15) is 0 Å². The van der Waals surface area contributed by atoms with Gasteiger partial charge < -0.3 is 0 Å². The van der Waals surface area contributed by atoms with E-state index in [-0.39, 0.29) is 5.41 Å². The minimum Gasteiger partial charge on any atom is -0.0796 e. The number of allylic oxidation sites excluding steroid dienone is 4. The first kappa shape index (κ1) is 10.8. The first-order valence-electron chi connectivity index (χ1n) is 6.63. The zero-order valence-electron chi connectivity index (χ0n) is 10.9. The molecular formula is C17H20. The number of aryl methyl sites for hydroxylation is 1. The Hall–Kier alpha value is -1.30. The van der Waals surface area contributed by atoms with Crippen LogP contribution in [0.2, 0.25) is 0 Å². The second-order valence-electron chi connectivity index (χ2n) is 5.82. The van der Waals surface area contributed by atoms with Crippen molar-refractivity contribution in [2.24, 2.45) is 5.92 Å². The van der Waals surface area contributed by atoms with E-state index in [1.54, 1.807) is 5.56 Å². The smallest absolute Gasteiger partial charge is 0.00953 e. The largest absolute Gasteiger partial charge is 0.0796 e. The van der Waals surface area contributed by atoms with Gasteiger partial charge in [0.15, 0.2) is 0 Å². The summed E-state index contributed by atoms with van der Waals surface area (Å²) in [4.78, 5) is 0. The summed E-state index contributed by atoms with van der Waals surface area (Å²) in [6.07, 6.45) is 10.3. The molecule has 2 atom stereocenters. The lowest BCUT2D eigenvalue weighted by molar-refractivity contribution is 0.394. The van der Waals surface area contributed by atoms with Gasteiger partial charge in [0.05, 0.1) is 0 Å². The predicted octanol–water partition coefficient (Wildman–Crippen LogP) is 4.37. The third-order valence-corrected chi connectivity index (χ3v) is 4.55. The first-order chi connectivity index (χ1) is 8.14. The van der Waals surface area contributed by atoms with Crippen LogP contribution in [0.5, 0.6) is 0 Å². The number of hydrogen-bond donors (Lipinski definition) is 0. The fraction of sp³-hybridized carbons (Fsp3) is 0.412. The molecular weight excluding hydrogens is 204 g/mol. The highest BCUT2D eigenvalue weighted by atomic mass is 14.5. The van der Waals surface area contributed by atoms with Crippen LogP contribution in [0.25, 0.3) is 0 Å². The van der Waals surface area contributed by atoms with Crippen LogP contribution in [0.3, 0.4) is 0 Å². The van der Waals surface area contributed by atoms with Gasteiger partial charge in [-0.05, 0) is 34.4 Å². The minimum atomic E-state index is 0.270. The lowest BCUT2D eigenvalue weighted by Crippen LogP contribution is -2.24. The van der Waals surface area contributed by atoms with Gasteiger partial charge in [-0.25, -0.2) is 0 Å². The van der Waals surface area contributed by atoms with E-state index in [1.165, 1.54) is 11.1 Å². The third-order valence-electron chi connectivity index (χ3n) is 4.55. The predicted molar refractivity (Wildman–Crippen MR) is 73.4 cm³/mol. The van der Waals surface area contributed by atoms with E-state index in [0.717, 1.165) is 6.42 Å². The molecule has 88 valence electrons. The zero-order chi connectivity index (χ0) is 12.0. The van der Waals surface area contributed by atoms with Gasteiger partial charge in [0, 0.05) is 5.92 Å². The van der Waals surface area contributed by atoms with Crippen LogP contribution in [-0.2, 0) is 11.8 Å². The molecule has 0 radical (unpaired) electrons. The molecule has 0 aromatic heterocycles. The van der Waals surface area contributed by atoms with Crippen LogP contribution in [0, 0.1) is 5.92 Å². The molecule has 0 heterocycles. The molecule has 0 bridgehead atoms. The fourth-order valence-corrected chi connectivity index (χ4v) is 3.45. The first-order valence-corrected chi connectivity index (χ1v) is 6.63. The van der Waals surface area contributed by atoms with Crippen molar-refractivity contribution in [1.29, 1.82) is 0 Å². The van der Waals surface area contributed by atoms with Gasteiger partial charge in [-0.3, -0.25) is 0 Å². The molecule has 0 amide bonds. The van der Waals surface area contributed by atoms with Crippen molar-refractivity contribution in [3.8, 4) is 0 Å². The van der Waals surface area contributed by atoms with Crippen LogP contribution in [0.15, 0.2) is 42.5 Å². The van der Waals surface area contributed by atoms with E-state index in [2.05, 4.69) is 63.3 Å². The summed E-state index contributed by atoms with van der Waals surface area (Å²) in [5.41, 5.74) is 4.83. The number of fused-ring (bicyclic) bond motifs is 3. The van der Waals surface area contributed by atoms with Crippen LogP contribution < -0.4 is 0 Å². The Morgan fingerprint density at radius 2 is 1.88 bits per heavy atom. The van der Waals surface area contributed by atoms with E-state index in [1.807, 2.05) is 0 Å². The summed E-state index contributed by atoms with van der Waals surface area (Å²) in [7, 11) is 0. The second kappa shape index (κ2) is 3.60. The quantitative estimate of drug-likeness (QED) is 0.664. The summed E-state index contributed by atoms with van der Waals surface area (Å²) in [5.74, 6) is 1.23. The molecule has 2 unspecified atom stereocenters. The standard InChI is InChI=1S/C17H20/c1-4-12-9-10-14-13-7-5-6-8-15(13)17(2,3)16(14)11-12/h5-11,13,15H,4H2,1-3H3. The maximum atomic E-state index is 2.43. The van der Waals surface area contributed by atoms with Crippen molar-refractivity contribution >= 4 is 0 Å². The third kappa shape index (κ3) is 1.43. The summed E-state index contributed by atoms with van der Waals surface area (Å²) < 4.78 is 0. The van der Waals surface area contributed by atoms with E-state index in [4.69, 9.17) is 0 Å². The summed E-state index contributed by atoms with van der Waals surface area (Å²) in [6, 6.07) is 7.07. The summed E-state index contributed by atoms with van der Waals surface area (Å²) in [6.45, 7) is 7.01. The van der Waals surface area contributed by atoms with Crippen LogP contribution in [-0.4, -0.2) is 0 Å². The monoisotopic (exact) mass is 224 g/mol. The van der Waals surface area contributed by atoms with Gasteiger partial charge in [0.25, 0.3) is 0 Å². The number of benzene rings is 1. The van der Waals surface area contributed by atoms with Crippen molar-refractivity contribution in [1.82, 2.24) is 0 Å². The molecule has 2 aliphatic carbocycles. The maximum Gasteiger partial charge on any atom is 0.00953 e. The van der Waals surface area contributed by atoms with Gasteiger partial charge in [-0.15, -0.1) is 0 Å². The molecule has 0 saturated carbocycles. The van der Waals surface area contributed by atoms with E-state index in [0.29, 0.717) is 11.8 Å². The van der Waals surface area contributed by atoms with E-state index < -0.39 is 0 Å². The van der Waals surface area contributed by atoms with Crippen molar-refractivity contribution in [2.45, 2.75) is 38.5 Å². The van der Waals surface area contributed by atoms with Gasteiger partial charge >= 0.3 is 0 Å². The van der Waals surface area contributed by atoms with E-state index in [9.17, 15) is 0 Å². The van der Waals surface area contributed by atoms with Crippen LogP contribution in [0.4, 0.5) is 0 Å². The Bertz CT molecular complexity index is 503. The molecule has 0 nitrogen and oxygen atoms in total. The molecule has 0 spiro atoms. The van der Waals surface area contributed by atoms with Crippen molar-refractivity contribution < 1.29 is 0 Å². The molecule has 2 aliphatic rings. The Morgan fingerprint density at radius 1 is 1.12 bits per heavy atom. The molecule has 0 heteroatoms. The topological polar surface area (TPSA) is 0 Å². The van der Waals surface area contributed by atoms with Gasteiger partial charge in [0.2, 0.25) is 0 Å². The van der Waals surface area contributed by atoms with Gasteiger partial charge in [-0.1, -0.05) is 63.3 Å². The second-order valence-corrected chi connectivity index (χ2v) is 5.82. The Labute approximate surface area is 104 Å². The molecule has 0 fully saturated rings. The Kier molecular flexibility index (Phi) is 2.29. The van der Waals surface area contributed by atoms with Crippen molar-refractivity contribution in [3.05, 3.63) is 59.2 Å². The highest BCUT2D eigenvalue weighted by molar-refractivity contribution is 5.50. The summed E-state index contributed by atoms with van der Waals surface area (Å²) >= 11 is 0. The minimum absolute atomic E-state index is 0.270. The molecule has 1 aromatic carbocycles. The average Bonchev–Trinajstić information content (AvgIpc) is 2.59. The van der Waals surface area contributed by atoms with Gasteiger partial charge in [0.1, 0.15) is 0 Å². The Balaban J connectivity index is 2.18. The number of hydrogen-bond acceptors (Lipinski definition) is 0. The zero-order valence-corrected chi connectivity index (χ0v) is 10.9. The van der Waals surface area contributed by atoms with Crippen molar-refractivity contribution in [2.75, 3.05) is 0 Å². The highest BCUT2D eigenvalue weighted by Gasteiger charge is 2.44. The lowest BCUT2D eigenvalue weighted by atomic mass is 9.74. The van der Waals surface area contributed by atoms with Crippen LogP contribution in [0.1, 0.15) is 43.4 Å². The fourth-order valence-electron chi connectivity index (χ4n) is 3.45. The molecule has 0 aliphatic heterocycles. The molecule has 3 rings (SSSR count).